The van der Waals surface area contributed by atoms with E-state index in [-0.39, 0.29) is 12.2 Å². The normalized spacial score (nSPS) is 23.5. The Morgan fingerprint density at radius 1 is 1.48 bits per heavy atom. The van der Waals surface area contributed by atoms with Crippen LogP contribution in [0, 0.1) is 0 Å². The number of carbonyl (C=O) groups is 1. The lowest BCUT2D eigenvalue weighted by molar-refractivity contribution is -0.670. The number of anilines is 1. The molecule has 12 nitrogen and oxygen atoms in total. The van der Waals surface area contributed by atoms with Crippen LogP contribution in [0.4, 0.5) is 19.0 Å². The van der Waals surface area contributed by atoms with E-state index < -0.39 is 50.6 Å². The van der Waals surface area contributed by atoms with Crippen molar-refractivity contribution in [3.8, 4) is 0 Å². The predicted octanol–water partition coefficient (Wildman–Crippen LogP) is -0.754. The lowest BCUT2D eigenvalue weighted by atomic mass is 10.2. The second kappa shape index (κ2) is 8.42. The monoisotopic (exact) mass is 467 g/mol. The lowest BCUT2D eigenvalue weighted by Crippen LogP contribution is -2.36. The summed E-state index contributed by atoms with van der Waals surface area (Å²) in [4.78, 5) is 39.0. The molecular formula is C15H17F3N5O7P. The second-order valence-electron chi connectivity index (χ2n) is 6.57. The van der Waals surface area contributed by atoms with Gasteiger partial charge in [-0.2, -0.15) is 22.5 Å². The van der Waals surface area contributed by atoms with Crippen LogP contribution < -0.4 is 20.9 Å². The first kappa shape index (κ1) is 22.9. The highest BCUT2D eigenvalue weighted by molar-refractivity contribution is 7.49. The smallest absolute Gasteiger partial charge is 0.490 e. The summed E-state index contributed by atoms with van der Waals surface area (Å²) in [5.74, 6) is -2.58. The standard InChI is InChI=1S/C15H17F3N5O7P/c1-21-4-5-22(8-21)31(26,27)28-7-10-9(30-13(24)15(16,17)18)6-12(29-10)23-3-2-11(19)20-14(23)25/h2-5,8-10,12H,6-7H2,1H3,(H2-,19,20,25,26,27). The van der Waals surface area contributed by atoms with E-state index in [0.29, 0.717) is 0 Å². The second-order valence-corrected chi connectivity index (χ2v) is 8.23. The zero-order chi connectivity index (χ0) is 23.0. The van der Waals surface area contributed by atoms with Crippen LogP contribution in [-0.2, 0) is 30.4 Å². The van der Waals surface area contributed by atoms with Crippen LogP contribution in [0.5, 0.6) is 0 Å². The van der Waals surface area contributed by atoms with Crippen molar-refractivity contribution >= 4 is 19.5 Å². The number of aryl methyl sites for hydroxylation is 1. The molecule has 3 heterocycles. The Labute approximate surface area is 172 Å². The number of nitrogens with two attached hydrogens (primary N) is 1. The van der Waals surface area contributed by atoms with Gasteiger partial charge >= 0.3 is 25.6 Å². The molecule has 1 fully saturated rings. The van der Waals surface area contributed by atoms with Crippen LogP contribution in [-0.4, -0.2) is 44.8 Å². The van der Waals surface area contributed by atoms with E-state index in [4.69, 9.17) is 15.0 Å². The highest BCUT2D eigenvalue weighted by Gasteiger charge is 2.47. The summed E-state index contributed by atoms with van der Waals surface area (Å²) in [6, 6.07) is 1.25. The van der Waals surface area contributed by atoms with Crippen molar-refractivity contribution in [1.82, 2.24) is 13.9 Å². The topological polar surface area (TPSA) is 155 Å². The lowest BCUT2D eigenvalue weighted by Gasteiger charge is -2.23. The maximum Gasteiger partial charge on any atom is 0.490 e. The van der Waals surface area contributed by atoms with Gasteiger partial charge in [0.25, 0.3) is 0 Å². The Hall–Kier alpha value is -2.74. The number of rotatable bonds is 6. The van der Waals surface area contributed by atoms with Gasteiger partial charge in [-0.1, -0.05) is 0 Å². The summed E-state index contributed by atoms with van der Waals surface area (Å²) in [6.45, 7) is -0.772. The summed E-state index contributed by atoms with van der Waals surface area (Å²) in [6.07, 6.45) is -4.85. The number of hydrogen-bond acceptors (Lipinski definition) is 9. The van der Waals surface area contributed by atoms with Gasteiger partial charge in [0, 0.05) is 12.6 Å². The maximum absolute atomic E-state index is 12.6. The van der Waals surface area contributed by atoms with E-state index in [1.807, 2.05) is 0 Å². The number of halogens is 3. The molecule has 16 heteroatoms. The van der Waals surface area contributed by atoms with Crippen LogP contribution in [0.2, 0.25) is 0 Å². The Bertz CT molecular complexity index is 1070. The minimum atomic E-state index is -5.28. The van der Waals surface area contributed by atoms with Gasteiger partial charge < -0.3 is 24.6 Å². The fourth-order valence-electron chi connectivity index (χ4n) is 2.81. The molecule has 1 aliphatic heterocycles. The summed E-state index contributed by atoms with van der Waals surface area (Å²) in [7, 11) is -3.11. The Balaban J connectivity index is 1.79. The molecule has 2 aromatic rings. The molecule has 0 spiro atoms. The van der Waals surface area contributed by atoms with E-state index in [1.165, 1.54) is 35.6 Å². The summed E-state index contributed by atoms with van der Waals surface area (Å²) in [5.41, 5.74) is 4.54. The van der Waals surface area contributed by atoms with Crippen molar-refractivity contribution in [2.24, 2.45) is 7.05 Å². The maximum atomic E-state index is 12.6. The zero-order valence-electron chi connectivity index (χ0n) is 15.8. The van der Waals surface area contributed by atoms with Crippen molar-refractivity contribution in [3.05, 3.63) is 41.5 Å². The van der Waals surface area contributed by atoms with Crippen molar-refractivity contribution < 1.29 is 46.0 Å². The third-order valence-corrected chi connectivity index (χ3v) is 5.55. The van der Waals surface area contributed by atoms with Crippen LogP contribution in [0.15, 0.2) is 35.8 Å². The molecule has 2 N–H and O–H groups in total. The fourth-order valence-corrected chi connectivity index (χ4v) is 3.79. The predicted molar refractivity (Wildman–Crippen MR) is 91.9 cm³/mol. The number of esters is 1. The highest BCUT2D eigenvalue weighted by atomic mass is 31.2. The molecule has 1 saturated heterocycles. The number of imidazole rings is 1. The highest BCUT2D eigenvalue weighted by Crippen LogP contribution is 2.40. The number of nitrogens with zero attached hydrogens (tertiary/aromatic N) is 4. The van der Waals surface area contributed by atoms with Gasteiger partial charge in [0.05, 0.1) is 13.7 Å². The van der Waals surface area contributed by atoms with Crippen molar-refractivity contribution in [3.63, 3.8) is 0 Å². The molecule has 31 heavy (non-hydrogen) atoms. The number of carbonyl (C=O) groups excluding carboxylic acids is 1. The molecule has 0 aromatic carbocycles. The van der Waals surface area contributed by atoms with Crippen LogP contribution in [0.25, 0.3) is 0 Å². The largest absolute Gasteiger partial charge is 0.742 e. The number of aromatic nitrogens is 4. The van der Waals surface area contributed by atoms with Gasteiger partial charge in [0.15, 0.2) is 0 Å². The van der Waals surface area contributed by atoms with Crippen molar-refractivity contribution in [1.29, 1.82) is 0 Å². The third-order valence-electron chi connectivity index (χ3n) is 4.27. The van der Waals surface area contributed by atoms with E-state index in [9.17, 15) is 32.2 Å². The molecule has 0 bridgehead atoms. The van der Waals surface area contributed by atoms with Gasteiger partial charge in [-0.3, -0.25) is 9.13 Å². The summed E-state index contributed by atoms with van der Waals surface area (Å²) in [5, 5.41) is 0. The Morgan fingerprint density at radius 3 is 2.77 bits per heavy atom. The van der Waals surface area contributed by atoms with Gasteiger partial charge in [-0.25, -0.2) is 14.2 Å². The Morgan fingerprint density at radius 2 is 2.19 bits per heavy atom. The number of hydrogen-bond donors (Lipinski definition) is 1. The molecule has 0 radical (unpaired) electrons. The number of alkyl halides is 3. The van der Waals surface area contributed by atoms with Gasteiger partial charge in [-0.15, -0.1) is 0 Å². The van der Waals surface area contributed by atoms with E-state index in [1.54, 1.807) is 7.05 Å². The molecule has 4 atom stereocenters. The van der Waals surface area contributed by atoms with Crippen LogP contribution in [0.1, 0.15) is 12.6 Å². The third kappa shape index (κ3) is 5.31. The van der Waals surface area contributed by atoms with Crippen LogP contribution >= 0.6 is 7.75 Å². The van der Waals surface area contributed by atoms with Gasteiger partial charge in [0.2, 0.25) is 6.33 Å². The minimum Gasteiger partial charge on any atom is -0.742 e. The number of nitrogen functional groups attached to an aromatic ring is 1. The first-order valence-corrected chi connectivity index (χ1v) is 10.1. The minimum absolute atomic E-state index is 0.0913. The molecule has 4 unspecified atom stereocenters. The van der Waals surface area contributed by atoms with Gasteiger partial charge in [-0.05, 0) is 6.07 Å². The van der Waals surface area contributed by atoms with Crippen molar-refractivity contribution in [2.45, 2.75) is 31.0 Å². The van der Waals surface area contributed by atoms with Crippen LogP contribution in [0.3, 0.4) is 0 Å². The molecule has 170 valence electrons. The molecule has 3 rings (SSSR count). The van der Waals surface area contributed by atoms with E-state index in [0.717, 1.165) is 8.90 Å². The molecular weight excluding hydrogens is 450 g/mol. The SMILES string of the molecule is C[n+]1ccn(P(=O)([O-])OCC2OC(n3ccc(N)nc3=O)CC2OC(=O)C(F)(F)F)c1. The summed E-state index contributed by atoms with van der Waals surface area (Å²) < 4.78 is 68.0. The first-order valence-electron chi connectivity index (χ1n) is 8.64. The van der Waals surface area contributed by atoms with Crippen molar-refractivity contribution in [2.75, 3.05) is 12.3 Å². The van der Waals surface area contributed by atoms with E-state index >= 15 is 0 Å². The molecule has 0 amide bonds. The summed E-state index contributed by atoms with van der Waals surface area (Å²) >= 11 is 0. The average molecular weight is 467 g/mol. The Kier molecular flexibility index (Phi) is 6.23. The first-order chi connectivity index (χ1) is 14.4. The number of ether oxygens (including phenoxy) is 2. The van der Waals surface area contributed by atoms with Gasteiger partial charge in [0.1, 0.15) is 36.6 Å². The molecule has 0 aliphatic carbocycles. The average Bonchev–Trinajstić information content (AvgIpc) is 3.26. The molecule has 0 saturated carbocycles. The van der Waals surface area contributed by atoms with E-state index in [2.05, 4.69) is 9.72 Å². The zero-order valence-corrected chi connectivity index (χ0v) is 16.7. The molecule has 1 aliphatic rings. The quantitative estimate of drug-likeness (QED) is 0.328. The molecule has 2 aromatic heterocycles. The fraction of sp³-hybridized carbons (Fsp3) is 0.467.